The molecule has 0 radical (unpaired) electrons. The highest BCUT2D eigenvalue weighted by atomic mass is 16.4. The molecule has 4 N–H and O–H groups in total. The van der Waals surface area contributed by atoms with Crippen LogP contribution in [0, 0.1) is 40.9 Å². The number of hydrogen-bond donors (Lipinski definition) is 4. The number of carboxylic acid groups (broad SMARTS) is 4. The van der Waals surface area contributed by atoms with Gasteiger partial charge in [0.15, 0.2) is 0 Å². The standard InChI is InChI=1S/C15H20O8/c1-3-15(14(22)23)7-4-6(11(16)17)8(12(18)19)5(2)9(7)10(15)13(20)21/h5-10H,3-4H2,1-2H3,(H,16,17)(H,18,19)(H,20,21)(H,22,23). The Kier molecular flexibility index (Phi) is 4.13. The van der Waals surface area contributed by atoms with Crippen LogP contribution in [0.5, 0.6) is 0 Å². The van der Waals surface area contributed by atoms with Crippen molar-refractivity contribution in [3.8, 4) is 0 Å². The number of carboxylic acids is 4. The molecule has 0 aliphatic heterocycles. The van der Waals surface area contributed by atoms with Crippen molar-refractivity contribution in [1.82, 2.24) is 0 Å². The fourth-order valence-electron chi connectivity index (χ4n) is 5.06. The Bertz CT molecular complexity index is 570. The van der Waals surface area contributed by atoms with Crippen LogP contribution in [0.4, 0.5) is 0 Å². The molecule has 8 nitrogen and oxygen atoms in total. The largest absolute Gasteiger partial charge is 0.481 e. The molecule has 7 atom stereocenters. The average molecular weight is 328 g/mol. The topological polar surface area (TPSA) is 149 Å². The Morgan fingerprint density at radius 1 is 1.00 bits per heavy atom. The molecule has 0 aromatic carbocycles. The Morgan fingerprint density at radius 3 is 1.91 bits per heavy atom. The third kappa shape index (κ3) is 2.11. The zero-order chi connectivity index (χ0) is 17.7. The minimum atomic E-state index is -1.53. The zero-order valence-electron chi connectivity index (χ0n) is 12.8. The Morgan fingerprint density at radius 2 is 1.57 bits per heavy atom. The maximum absolute atomic E-state index is 11.8. The van der Waals surface area contributed by atoms with Crippen LogP contribution in [0.25, 0.3) is 0 Å². The van der Waals surface area contributed by atoms with Gasteiger partial charge in [0.1, 0.15) is 0 Å². The molecule has 23 heavy (non-hydrogen) atoms. The van der Waals surface area contributed by atoms with Gasteiger partial charge in [-0.1, -0.05) is 13.8 Å². The lowest BCUT2D eigenvalue weighted by molar-refractivity contribution is -0.226. The second kappa shape index (κ2) is 5.50. The number of hydrogen-bond acceptors (Lipinski definition) is 4. The van der Waals surface area contributed by atoms with E-state index in [2.05, 4.69) is 0 Å². The van der Waals surface area contributed by atoms with Crippen molar-refractivity contribution in [2.45, 2.75) is 26.7 Å². The summed E-state index contributed by atoms with van der Waals surface area (Å²) in [5.74, 6) is -10.7. The van der Waals surface area contributed by atoms with E-state index in [0.29, 0.717) is 0 Å². The first-order chi connectivity index (χ1) is 10.6. The van der Waals surface area contributed by atoms with Gasteiger partial charge >= 0.3 is 23.9 Å². The monoisotopic (exact) mass is 328 g/mol. The van der Waals surface area contributed by atoms with Gasteiger partial charge in [-0.05, 0) is 30.6 Å². The normalized spacial score (nSPS) is 42.2. The fourth-order valence-corrected chi connectivity index (χ4v) is 5.06. The van der Waals surface area contributed by atoms with Crippen LogP contribution in [0.3, 0.4) is 0 Å². The van der Waals surface area contributed by atoms with Gasteiger partial charge in [0.25, 0.3) is 0 Å². The van der Waals surface area contributed by atoms with E-state index in [1.54, 1.807) is 6.92 Å². The van der Waals surface area contributed by atoms with E-state index in [1.165, 1.54) is 6.92 Å². The SMILES string of the molecule is CCC1(C(=O)O)C2CC(C(=O)O)C(C(=O)O)C(C)C2C1C(=O)O. The van der Waals surface area contributed by atoms with Crippen LogP contribution in [0.1, 0.15) is 26.7 Å². The van der Waals surface area contributed by atoms with Crippen LogP contribution in [-0.2, 0) is 19.2 Å². The quantitative estimate of drug-likeness (QED) is 0.580. The van der Waals surface area contributed by atoms with Crippen LogP contribution < -0.4 is 0 Å². The van der Waals surface area contributed by atoms with E-state index in [1.807, 2.05) is 0 Å². The van der Waals surface area contributed by atoms with Crippen LogP contribution in [0.2, 0.25) is 0 Å². The molecule has 128 valence electrons. The van der Waals surface area contributed by atoms with Crippen molar-refractivity contribution in [3.63, 3.8) is 0 Å². The summed E-state index contributed by atoms with van der Waals surface area (Å²) in [7, 11) is 0. The van der Waals surface area contributed by atoms with E-state index >= 15 is 0 Å². The second-order valence-corrected chi connectivity index (χ2v) is 6.60. The molecule has 0 spiro atoms. The maximum Gasteiger partial charge on any atom is 0.310 e. The molecule has 0 bridgehead atoms. The molecule has 0 saturated heterocycles. The summed E-state index contributed by atoms with van der Waals surface area (Å²) in [5, 5.41) is 37.8. The highest BCUT2D eigenvalue weighted by Gasteiger charge is 2.72. The molecule has 2 aliphatic carbocycles. The third-order valence-corrected chi connectivity index (χ3v) is 6.03. The lowest BCUT2D eigenvalue weighted by Gasteiger charge is -2.63. The maximum atomic E-state index is 11.8. The highest BCUT2D eigenvalue weighted by Crippen LogP contribution is 2.66. The van der Waals surface area contributed by atoms with Gasteiger partial charge in [0, 0.05) is 0 Å². The van der Waals surface area contributed by atoms with Crippen LogP contribution >= 0.6 is 0 Å². The first-order valence-electron chi connectivity index (χ1n) is 7.53. The number of carbonyl (C=O) groups is 4. The van der Waals surface area contributed by atoms with Crippen molar-refractivity contribution < 1.29 is 39.6 Å². The molecule has 0 heterocycles. The van der Waals surface area contributed by atoms with Gasteiger partial charge in [-0.25, -0.2) is 0 Å². The molecule has 2 saturated carbocycles. The zero-order valence-corrected chi connectivity index (χ0v) is 12.8. The van der Waals surface area contributed by atoms with Gasteiger partial charge in [-0.3, -0.25) is 19.2 Å². The molecule has 2 rings (SSSR count). The van der Waals surface area contributed by atoms with Crippen molar-refractivity contribution in [2.24, 2.45) is 40.9 Å². The summed E-state index contributed by atoms with van der Waals surface area (Å²) in [5.41, 5.74) is -1.53. The molecular weight excluding hydrogens is 308 g/mol. The van der Waals surface area contributed by atoms with E-state index in [0.717, 1.165) is 0 Å². The van der Waals surface area contributed by atoms with Gasteiger partial charge in [0.05, 0.1) is 23.2 Å². The molecular formula is C15H20O8. The van der Waals surface area contributed by atoms with Gasteiger partial charge in [-0.2, -0.15) is 0 Å². The molecule has 0 amide bonds. The highest BCUT2D eigenvalue weighted by molar-refractivity contribution is 5.88. The van der Waals surface area contributed by atoms with Crippen molar-refractivity contribution in [1.29, 1.82) is 0 Å². The minimum Gasteiger partial charge on any atom is -0.481 e. The van der Waals surface area contributed by atoms with Crippen molar-refractivity contribution >= 4 is 23.9 Å². The lowest BCUT2D eigenvalue weighted by Crippen LogP contribution is -2.69. The van der Waals surface area contributed by atoms with Gasteiger partial charge in [0.2, 0.25) is 0 Å². The lowest BCUT2D eigenvalue weighted by atomic mass is 9.38. The smallest absolute Gasteiger partial charge is 0.310 e. The predicted octanol–water partition coefficient (Wildman–Crippen LogP) is 0.856. The summed E-state index contributed by atoms with van der Waals surface area (Å²) >= 11 is 0. The molecule has 2 aliphatic rings. The van der Waals surface area contributed by atoms with E-state index in [-0.39, 0.29) is 12.8 Å². The number of rotatable bonds is 5. The molecule has 0 aromatic heterocycles. The number of aliphatic carboxylic acids is 4. The van der Waals surface area contributed by atoms with Crippen LogP contribution in [-0.4, -0.2) is 44.3 Å². The summed E-state index contributed by atoms with van der Waals surface area (Å²) in [6, 6.07) is 0. The Labute approximate surface area is 132 Å². The van der Waals surface area contributed by atoms with E-state index < -0.39 is 64.8 Å². The second-order valence-electron chi connectivity index (χ2n) is 6.60. The molecule has 0 aromatic rings. The van der Waals surface area contributed by atoms with Gasteiger partial charge < -0.3 is 20.4 Å². The Balaban J connectivity index is 2.51. The predicted molar refractivity (Wildman–Crippen MR) is 74.5 cm³/mol. The van der Waals surface area contributed by atoms with Gasteiger partial charge in [-0.15, -0.1) is 0 Å². The van der Waals surface area contributed by atoms with E-state index in [9.17, 15) is 39.6 Å². The summed E-state index contributed by atoms with van der Waals surface area (Å²) in [4.78, 5) is 46.3. The summed E-state index contributed by atoms with van der Waals surface area (Å²) in [6.45, 7) is 3.09. The Hall–Kier alpha value is -2.12. The number of fused-ring (bicyclic) bond motifs is 1. The van der Waals surface area contributed by atoms with Crippen molar-refractivity contribution in [3.05, 3.63) is 0 Å². The van der Waals surface area contributed by atoms with Crippen LogP contribution in [0.15, 0.2) is 0 Å². The fraction of sp³-hybridized carbons (Fsp3) is 0.733. The minimum absolute atomic E-state index is 0.0667. The molecule has 8 heteroatoms. The first-order valence-corrected chi connectivity index (χ1v) is 7.53. The third-order valence-electron chi connectivity index (χ3n) is 6.03. The van der Waals surface area contributed by atoms with Crippen molar-refractivity contribution in [2.75, 3.05) is 0 Å². The average Bonchev–Trinajstić information content (AvgIpc) is 2.39. The summed E-state index contributed by atoms with van der Waals surface area (Å²) < 4.78 is 0. The first kappa shape index (κ1) is 17.2. The van der Waals surface area contributed by atoms with E-state index in [4.69, 9.17) is 0 Å². The molecule has 7 unspecified atom stereocenters. The molecule has 2 fully saturated rings. The summed E-state index contributed by atoms with van der Waals surface area (Å²) in [6.07, 6.45) is -0.0531.